The molecule has 2 aromatic carbocycles. The Balaban J connectivity index is 1.74. The smallest absolute Gasteiger partial charge is 0.425 e. The van der Waals surface area contributed by atoms with Gasteiger partial charge in [0.2, 0.25) is 0 Å². The minimum Gasteiger partial charge on any atom is -0.425 e. The Kier molecular flexibility index (Phi) is 5.85. The Bertz CT molecular complexity index is 1200. The molecule has 0 saturated heterocycles. The number of hydrogen-bond acceptors (Lipinski definition) is 3. The topological polar surface area (TPSA) is 26.3 Å². The lowest BCUT2D eigenvalue weighted by Gasteiger charge is -2.19. The van der Waals surface area contributed by atoms with Gasteiger partial charge < -0.3 is 4.74 Å². The van der Waals surface area contributed by atoms with E-state index in [1.165, 1.54) is 11.3 Å². The zero-order chi connectivity index (χ0) is 23.3. The van der Waals surface area contributed by atoms with Gasteiger partial charge in [0, 0.05) is 26.4 Å². The molecule has 168 valence electrons. The molecule has 1 saturated carbocycles. The van der Waals surface area contributed by atoms with Crippen molar-refractivity contribution in [2.24, 2.45) is 16.7 Å². The molecule has 0 bridgehead atoms. The van der Waals surface area contributed by atoms with Gasteiger partial charge in [0.05, 0.1) is 5.41 Å². The standard InChI is InChI=1S/C24H19Cl2F3O2S/c1-22(2)19(11-20(26)24(27,28)29)23(22,12-14-6-4-3-5-7-14)21(30)31-17-13-32-18-9-8-15(25)10-16(17)18/h3-11,13,19H,12H2,1-2H3/b20-11-/t19?,23-/m0/s1. The van der Waals surface area contributed by atoms with Gasteiger partial charge in [-0.05, 0) is 35.6 Å². The predicted molar refractivity (Wildman–Crippen MR) is 122 cm³/mol. The molecule has 2 nitrogen and oxygen atoms in total. The van der Waals surface area contributed by atoms with Crippen molar-refractivity contribution < 1.29 is 22.7 Å². The second-order valence-electron chi connectivity index (χ2n) is 8.48. The summed E-state index contributed by atoms with van der Waals surface area (Å²) in [5.41, 5.74) is -1.17. The van der Waals surface area contributed by atoms with Gasteiger partial charge in [0.1, 0.15) is 10.8 Å². The van der Waals surface area contributed by atoms with Crippen LogP contribution >= 0.6 is 34.5 Å². The first-order valence-electron chi connectivity index (χ1n) is 9.84. The van der Waals surface area contributed by atoms with Crippen LogP contribution in [0.25, 0.3) is 10.1 Å². The van der Waals surface area contributed by atoms with E-state index in [1.807, 2.05) is 36.4 Å². The molecule has 4 rings (SSSR count). The zero-order valence-electron chi connectivity index (χ0n) is 17.2. The maximum absolute atomic E-state index is 13.6. The molecule has 0 radical (unpaired) electrons. The normalized spacial score (nSPS) is 22.7. The maximum Gasteiger partial charge on any atom is 0.426 e. The highest BCUT2D eigenvalue weighted by Gasteiger charge is 2.75. The highest BCUT2D eigenvalue weighted by Crippen LogP contribution is 2.72. The molecule has 3 aromatic rings. The number of benzene rings is 2. The Morgan fingerprint density at radius 3 is 2.53 bits per heavy atom. The van der Waals surface area contributed by atoms with E-state index in [2.05, 4.69) is 0 Å². The minimum absolute atomic E-state index is 0.228. The van der Waals surface area contributed by atoms with Crippen LogP contribution in [0.15, 0.2) is 65.0 Å². The Labute approximate surface area is 197 Å². The number of hydrogen-bond donors (Lipinski definition) is 0. The quantitative estimate of drug-likeness (QED) is 0.332. The first-order chi connectivity index (χ1) is 15.0. The fourth-order valence-electron chi connectivity index (χ4n) is 4.45. The highest BCUT2D eigenvalue weighted by atomic mass is 35.5. The monoisotopic (exact) mass is 498 g/mol. The fraction of sp³-hybridized carbons (Fsp3) is 0.292. The molecule has 0 N–H and O–H groups in total. The Hall–Kier alpha value is -2.02. The van der Waals surface area contributed by atoms with E-state index in [0.717, 1.165) is 16.3 Å². The van der Waals surface area contributed by atoms with Crippen molar-refractivity contribution in [3.63, 3.8) is 0 Å². The van der Waals surface area contributed by atoms with Crippen LogP contribution in [0.4, 0.5) is 13.2 Å². The lowest BCUT2D eigenvalue weighted by atomic mass is 9.88. The van der Waals surface area contributed by atoms with Gasteiger partial charge in [-0.1, -0.05) is 73.5 Å². The molecule has 0 amide bonds. The Morgan fingerprint density at radius 1 is 1.19 bits per heavy atom. The predicted octanol–water partition coefficient (Wildman–Crippen LogP) is 8.03. The second kappa shape index (κ2) is 8.08. The summed E-state index contributed by atoms with van der Waals surface area (Å²) in [5.74, 6) is -0.985. The summed E-state index contributed by atoms with van der Waals surface area (Å²) < 4.78 is 46.2. The second-order valence-corrected chi connectivity index (χ2v) is 10.2. The molecule has 0 spiro atoms. The van der Waals surface area contributed by atoms with Crippen LogP contribution in [0.2, 0.25) is 5.02 Å². The van der Waals surface area contributed by atoms with Crippen molar-refractivity contribution in [3.05, 3.63) is 75.6 Å². The zero-order valence-corrected chi connectivity index (χ0v) is 19.5. The third kappa shape index (κ3) is 3.93. The number of thiophene rings is 1. The molecule has 1 unspecified atom stereocenters. The average Bonchev–Trinajstić information content (AvgIpc) is 2.99. The van der Waals surface area contributed by atoms with Crippen molar-refractivity contribution >= 4 is 50.6 Å². The SMILES string of the molecule is CC1(C)C(/C=C(\Cl)C(F)(F)F)[C@@]1(Cc1ccccc1)C(=O)Oc1csc2ccc(Cl)cc12. The average molecular weight is 499 g/mol. The summed E-state index contributed by atoms with van der Waals surface area (Å²) in [6.45, 7) is 3.53. The molecule has 1 aliphatic carbocycles. The molecular weight excluding hydrogens is 480 g/mol. The van der Waals surface area contributed by atoms with Crippen LogP contribution in [0.1, 0.15) is 19.4 Å². The van der Waals surface area contributed by atoms with E-state index < -0.39 is 33.9 Å². The first kappa shape index (κ1) is 23.1. The summed E-state index contributed by atoms with van der Waals surface area (Å²) in [6.07, 6.45) is -3.50. The molecule has 1 aliphatic rings. The molecular formula is C24H19Cl2F3O2S. The van der Waals surface area contributed by atoms with Gasteiger partial charge in [0.25, 0.3) is 0 Å². The summed E-state index contributed by atoms with van der Waals surface area (Å²) >= 11 is 13.1. The lowest BCUT2D eigenvalue weighted by Crippen LogP contribution is -2.29. The maximum atomic E-state index is 13.6. The molecule has 1 fully saturated rings. The molecule has 0 aliphatic heterocycles. The van der Waals surface area contributed by atoms with E-state index in [1.54, 1.807) is 31.4 Å². The van der Waals surface area contributed by atoms with E-state index in [0.29, 0.717) is 16.2 Å². The third-order valence-corrected chi connectivity index (χ3v) is 7.87. The summed E-state index contributed by atoms with van der Waals surface area (Å²) in [6, 6.07) is 14.4. The van der Waals surface area contributed by atoms with Gasteiger partial charge in [-0.3, -0.25) is 4.79 Å². The summed E-state index contributed by atoms with van der Waals surface area (Å²) in [5, 5.41) is 1.66. The minimum atomic E-state index is -4.68. The van der Waals surface area contributed by atoms with E-state index in [4.69, 9.17) is 27.9 Å². The highest BCUT2D eigenvalue weighted by molar-refractivity contribution is 7.17. The number of carbonyl (C=O) groups excluding carboxylic acids is 1. The Morgan fingerprint density at radius 2 is 1.88 bits per heavy atom. The van der Waals surface area contributed by atoms with Crippen molar-refractivity contribution in [1.29, 1.82) is 0 Å². The number of rotatable bonds is 5. The molecule has 32 heavy (non-hydrogen) atoms. The number of ether oxygens (including phenoxy) is 1. The van der Waals surface area contributed by atoms with Crippen LogP contribution in [-0.4, -0.2) is 12.1 Å². The van der Waals surface area contributed by atoms with Crippen molar-refractivity contribution in [1.82, 2.24) is 0 Å². The van der Waals surface area contributed by atoms with E-state index in [9.17, 15) is 18.0 Å². The van der Waals surface area contributed by atoms with Crippen LogP contribution < -0.4 is 4.74 Å². The van der Waals surface area contributed by atoms with Gasteiger partial charge >= 0.3 is 12.1 Å². The van der Waals surface area contributed by atoms with Crippen molar-refractivity contribution in [3.8, 4) is 5.75 Å². The number of allylic oxidation sites excluding steroid dienone is 2. The lowest BCUT2D eigenvalue weighted by molar-refractivity contribution is -0.142. The molecule has 1 heterocycles. The van der Waals surface area contributed by atoms with Crippen molar-refractivity contribution in [2.75, 3.05) is 0 Å². The number of halogens is 5. The van der Waals surface area contributed by atoms with Gasteiger partial charge in [-0.15, -0.1) is 11.3 Å². The van der Waals surface area contributed by atoms with Gasteiger partial charge in [0.15, 0.2) is 0 Å². The van der Waals surface area contributed by atoms with E-state index >= 15 is 0 Å². The first-order valence-corrected chi connectivity index (χ1v) is 11.5. The van der Waals surface area contributed by atoms with Gasteiger partial charge in [-0.2, -0.15) is 13.2 Å². The summed E-state index contributed by atoms with van der Waals surface area (Å²) in [7, 11) is 0. The molecule has 1 aromatic heterocycles. The fourth-order valence-corrected chi connectivity index (χ4v) is 5.59. The largest absolute Gasteiger partial charge is 0.426 e. The number of alkyl halides is 3. The number of carbonyl (C=O) groups is 1. The summed E-state index contributed by atoms with van der Waals surface area (Å²) in [4.78, 5) is 13.6. The number of esters is 1. The van der Waals surface area contributed by atoms with Crippen LogP contribution in [0, 0.1) is 16.7 Å². The van der Waals surface area contributed by atoms with Crippen LogP contribution in [0.5, 0.6) is 5.75 Å². The van der Waals surface area contributed by atoms with Gasteiger partial charge in [-0.25, -0.2) is 0 Å². The van der Waals surface area contributed by atoms with E-state index in [-0.39, 0.29) is 6.42 Å². The van der Waals surface area contributed by atoms with Crippen LogP contribution in [0.3, 0.4) is 0 Å². The molecule has 2 atom stereocenters. The van der Waals surface area contributed by atoms with Crippen LogP contribution in [-0.2, 0) is 11.2 Å². The third-order valence-electron chi connectivity index (χ3n) is 6.35. The molecule has 8 heteroatoms. The number of fused-ring (bicyclic) bond motifs is 1. The van der Waals surface area contributed by atoms with Crippen molar-refractivity contribution in [2.45, 2.75) is 26.4 Å².